The summed E-state index contributed by atoms with van der Waals surface area (Å²) in [6, 6.07) is 13.1. The van der Waals surface area contributed by atoms with Crippen molar-refractivity contribution in [2.45, 2.75) is 6.92 Å². The highest BCUT2D eigenvalue weighted by molar-refractivity contribution is 5.51. The van der Waals surface area contributed by atoms with Gasteiger partial charge in [-0.15, -0.1) is 0 Å². The third-order valence-corrected chi connectivity index (χ3v) is 4.18. The van der Waals surface area contributed by atoms with Gasteiger partial charge in [0.05, 0.1) is 39.6 Å². The maximum atomic E-state index is 5.91. The predicted octanol–water partition coefficient (Wildman–Crippen LogP) is 3.14. The van der Waals surface area contributed by atoms with Crippen LogP contribution in [-0.4, -0.2) is 66.6 Å². The van der Waals surface area contributed by atoms with Crippen LogP contribution in [0, 0.1) is 11.8 Å². The molecule has 0 aliphatic carbocycles. The fraction of sp³-hybridized carbons (Fsp3) is 0.440. The molecular weight excluding hydrogens is 410 g/mol. The molecule has 2 rings (SSSR count). The number of hydrogen-bond donors (Lipinski definition) is 1. The summed E-state index contributed by atoms with van der Waals surface area (Å²) in [6.45, 7) is 6.53. The number of rotatable bonds is 15. The van der Waals surface area contributed by atoms with E-state index in [0.29, 0.717) is 76.6 Å². The molecule has 0 heterocycles. The third-order valence-electron chi connectivity index (χ3n) is 4.18. The van der Waals surface area contributed by atoms with Crippen LogP contribution in [0.4, 0.5) is 5.69 Å². The monoisotopic (exact) mass is 443 g/mol. The largest absolute Gasteiger partial charge is 0.487 e. The molecule has 32 heavy (non-hydrogen) atoms. The van der Waals surface area contributed by atoms with Crippen molar-refractivity contribution in [2.75, 3.05) is 72.3 Å². The van der Waals surface area contributed by atoms with Gasteiger partial charge in [-0.05, 0) is 49.4 Å². The van der Waals surface area contributed by atoms with Crippen LogP contribution in [0.3, 0.4) is 0 Å². The number of hydrogen-bond acceptors (Lipinski definition) is 7. The second kappa shape index (κ2) is 16.0. The van der Waals surface area contributed by atoms with Crippen molar-refractivity contribution in [1.82, 2.24) is 0 Å². The predicted molar refractivity (Wildman–Crippen MR) is 124 cm³/mol. The minimum absolute atomic E-state index is 0.391. The van der Waals surface area contributed by atoms with Crippen molar-refractivity contribution >= 4 is 5.69 Å². The Kier molecular flexibility index (Phi) is 12.7. The summed E-state index contributed by atoms with van der Waals surface area (Å²) in [6.07, 6.45) is 0. The summed E-state index contributed by atoms with van der Waals surface area (Å²) in [7, 11) is 1.64. The summed E-state index contributed by atoms with van der Waals surface area (Å²) >= 11 is 0. The summed E-state index contributed by atoms with van der Waals surface area (Å²) in [5.41, 5.74) is 8.14. The SMILES string of the molecule is CCOCCOCCOc1cc(C#Cc2ccc(N)cc2)ccc1OCCOCCOC. The zero-order valence-corrected chi connectivity index (χ0v) is 18.9. The topological polar surface area (TPSA) is 81.4 Å². The highest BCUT2D eigenvalue weighted by Crippen LogP contribution is 2.28. The Hall–Kier alpha value is -2.76. The Morgan fingerprint density at radius 1 is 0.656 bits per heavy atom. The van der Waals surface area contributed by atoms with Crippen molar-refractivity contribution in [3.05, 3.63) is 53.6 Å². The summed E-state index contributed by atoms with van der Waals surface area (Å²) in [5, 5.41) is 0. The fourth-order valence-electron chi connectivity index (χ4n) is 2.56. The van der Waals surface area contributed by atoms with Gasteiger partial charge in [0.1, 0.15) is 13.2 Å². The first-order valence-electron chi connectivity index (χ1n) is 10.7. The molecule has 0 bridgehead atoms. The standard InChI is InChI=1S/C25H33NO6/c1-3-28-14-15-30-17-19-32-25-20-22(5-4-21-6-9-23(26)10-7-21)8-11-24(25)31-18-16-29-13-12-27-2/h6-11,20H,3,12-19,26H2,1-2H3. The Labute approximate surface area is 190 Å². The Balaban J connectivity index is 1.96. The first-order valence-corrected chi connectivity index (χ1v) is 10.7. The zero-order chi connectivity index (χ0) is 22.9. The van der Waals surface area contributed by atoms with Crippen LogP contribution >= 0.6 is 0 Å². The van der Waals surface area contributed by atoms with Gasteiger partial charge >= 0.3 is 0 Å². The van der Waals surface area contributed by atoms with Gasteiger partial charge in [-0.25, -0.2) is 0 Å². The fourth-order valence-corrected chi connectivity index (χ4v) is 2.56. The number of ether oxygens (including phenoxy) is 6. The first kappa shape index (κ1) is 25.5. The molecule has 7 nitrogen and oxygen atoms in total. The van der Waals surface area contributed by atoms with E-state index in [0.717, 1.165) is 11.1 Å². The number of nitrogen functional groups attached to an aromatic ring is 1. The quantitative estimate of drug-likeness (QED) is 0.257. The van der Waals surface area contributed by atoms with Crippen LogP contribution < -0.4 is 15.2 Å². The van der Waals surface area contributed by atoms with Crippen LogP contribution in [-0.2, 0) is 18.9 Å². The highest BCUT2D eigenvalue weighted by Gasteiger charge is 2.07. The molecule has 2 aromatic rings. The van der Waals surface area contributed by atoms with E-state index < -0.39 is 0 Å². The summed E-state index contributed by atoms with van der Waals surface area (Å²) in [4.78, 5) is 0. The molecule has 0 atom stereocenters. The molecule has 174 valence electrons. The van der Waals surface area contributed by atoms with Crippen LogP contribution in [0.25, 0.3) is 0 Å². The molecule has 2 N–H and O–H groups in total. The minimum atomic E-state index is 0.391. The molecule has 0 aromatic heterocycles. The van der Waals surface area contributed by atoms with Crippen LogP contribution in [0.15, 0.2) is 42.5 Å². The molecule has 0 unspecified atom stereocenters. The number of methoxy groups -OCH3 is 1. The van der Waals surface area contributed by atoms with E-state index in [9.17, 15) is 0 Å². The van der Waals surface area contributed by atoms with Crippen molar-refractivity contribution in [3.8, 4) is 23.3 Å². The smallest absolute Gasteiger partial charge is 0.162 e. The Morgan fingerprint density at radius 2 is 1.22 bits per heavy atom. The van der Waals surface area contributed by atoms with Gasteiger partial charge in [0, 0.05) is 30.5 Å². The molecular formula is C25H33NO6. The number of anilines is 1. The molecule has 0 radical (unpaired) electrons. The van der Waals surface area contributed by atoms with Crippen molar-refractivity contribution in [2.24, 2.45) is 0 Å². The van der Waals surface area contributed by atoms with E-state index in [-0.39, 0.29) is 0 Å². The van der Waals surface area contributed by atoms with Gasteiger partial charge in [-0.2, -0.15) is 0 Å². The van der Waals surface area contributed by atoms with Gasteiger partial charge in [0.15, 0.2) is 11.5 Å². The molecule has 0 aliphatic heterocycles. The van der Waals surface area contributed by atoms with E-state index in [1.165, 1.54) is 0 Å². The van der Waals surface area contributed by atoms with Crippen molar-refractivity contribution < 1.29 is 28.4 Å². The van der Waals surface area contributed by atoms with Crippen LogP contribution in [0.5, 0.6) is 11.5 Å². The Bertz CT molecular complexity index is 829. The molecule has 0 spiro atoms. The third kappa shape index (κ3) is 10.5. The Morgan fingerprint density at radius 3 is 1.91 bits per heavy atom. The van der Waals surface area contributed by atoms with Crippen LogP contribution in [0.1, 0.15) is 18.1 Å². The lowest BCUT2D eigenvalue weighted by Crippen LogP contribution is -2.12. The minimum Gasteiger partial charge on any atom is -0.487 e. The lowest BCUT2D eigenvalue weighted by Gasteiger charge is -2.14. The van der Waals surface area contributed by atoms with Crippen molar-refractivity contribution in [1.29, 1.82) is 0 Å². The van der Waals surface area contributed by atoms with E-state index in [2.05, 4.69) is 11.8 Å². The second-order valence-corrected chi connectivity index (χ2v) is 6.64. The average molecular weight is 444 g/mol. The molecule has 0 amide bonds. The van der Waals surface area contributed by atoms with Gasteiger partial charge in [0.2, 0.25) is 0 Å². The van der Waals surface area contributed by atoms with Gasteiger partial charge in [0.25, 0.3) is 0 Å². The molecule has 7 heteroatoms. The maximum absolute atomic E-state index is 5.91. The summed E-state index contributed by atoms with van der Waals surface area (Å²) < 4.78 is 32.9. The van der Waals surface area contributed by atoms with Crippen molar-refractivity contribution in [3.63, 3.8) is 0 Å². The normalized spacial score (nSPS) is 10.4. The lowest BCUT2D eigenvalue weighted by atomic mass is 10.1. The zero-order valence-electron chi connectivity index (χ0n) is 18.9. The molecule has 0 fully saturated rings. The number of nitrogens with two attached hydrogens (primary N) is 1. The van der Waals surface area contributed by atoms with E-state index >= 15 is 0 Å². The molecule has 2 aromatic carbocycles. The van der Waals surface area contributed by atoms with E-state index in [4.69, 9.17) is 34.2 Å². The molecule has 0 saturated heterocycles. The van der Waals surface area contributed by atoms with E-state index in [1.54, 1.807) is 7.11 Å². The molecule has 0 aliphatic rings. The van der Waals surface area contributed by atoms with E-state index in [1.807, 2.05) is 49.4 Å². The summed E-state index contributed by atoms with van der Waals surface area (Å²) in [5.74, 6) is 7.52. The highest BCUT2D eigenvalue weighted by atomic mass is 16.6. The van der Waals surface area contributed by atoms with Gasteiger partial charge < -0.3 is 34.2 Å². The lowest BCUT2D eigenvalue weighted by molar-refractivity contribution is 0.0393. The van der Waals surface area contributed by atoms with Gasteiger partial charge in [-0.1, -0.05) is 11.8 Å². The van der Waals surface area contributed by atoms with Crippen LogP contribution in [0.2, 0.25) is 0 Å². The second-order valence-electron chi connectivity index (χ2n) is 6.64. The van der Waals surface area contributed by atoms with Gasteiger partial charge in [-0.3, -0.25) is 0 Å². The number of benzene rings is 2. The maximum Gasteiger partial charge on any atom is 0.162 e. The first-order chi connectivity index (χ1) is 15.7. The molecule has 0 saturated carbocycles. The average Bonchev–Trinajstić information content (AvgIpc) is 2.81.